The van der Waals surface area contributed by atoms with Crippen molar-refractivity contribution in [3.63, 3.8) is 0 Å². The van der Waals surface area contributed by atoms with Gasteiger partial charge < -0.3 is 10.8 Å². The number of carboxylic acids is 1. The van der Waals surface area contributed by atoms with E-state index in [0.29, 0.717) is 33.3 Å². The van der Waals surface area contributed by atoms with Crippen molar-refractivity contribution >= 4 is 11.5 Å². The zero-order valence-corrected chi connectivity index (χ0v) is 16.2. The molecule has 0 bridgehead atoms. The van der Waals surface area contributed by atoms with Crippen molar-refractivity contribution in [1.29, 1.82) is 0 Å². The van der Waals surface area contributed by atoms with Crippen molar-refractivity contribution < 1.29 is 14.3 Å². The fraction of sp³-hybridized carbons (Fsp3) is 0.0833. The van der Waals surface area contributed by atoms with Crippen LogP contribution < -0.4 is 11.3 Å². The molecule has 0 aliphatic rings. The summed E-state index contributed by atoms with van der Waals surface area (Å²) in [6.07, 6.45) is 1.16. The van der Waals surface area contributed by atoms with Crippen LogP contribution in [0.15, 0.2) is 77.7 Å². The lowest BCUT2D eigenvalue weighted by molar-refractivity contribution is 0.0697. The van der Waals surface area contributed by atoms with Crippen LogP contribution in [-0.2, 0) is 0 Å². The van der Waals surface area contributed by atoms with Crippen LogP contribution in [0.3, 0.4) is 0 Å². The van der Waals surface area contributed by atoms with E-state index in [2.05, 4.69) is 0 Å². The summed E-state index contributed by atoms with van der Waals surface area (Å²) in [7, 11) is 0. The molecular weight excluding hydrogens is 383 g/mol. The van der Waals surface area contributed by atoms with Crippen molar-refractivity contribution in [3.8, 4) is 22.3 Å². The largest absolute Gasteiger partial charge is 0.478 e. The molecule has 0 spiro atoms. The summed E-state index contributed by atoms with van der Waals surface area (Å²) in [6.45, 7) is 1.79. The average molecular weight is 402 g/mol. The quantitative estimate of drug-likeness (QED) is 0.527. The first kappa shape index (κ1) is 19.5. The molecule has 30 heavy (non-hydrogen) atoms. The van der Waals surface area contributed by atoms with Gasteiger partial charge in [0, 0.05) is 17.8 Å². The first-order chi connectivity index (χ1) is 14.4. The van der Waals surface area contributed by atoms with E-state index < -0.39 is 17.8 Å². The van der Waals surface area contributed by atoms with Gasteiger partial charge in [0.25, 0.3) is 5.56 Å². The number of halogens is 1. The molecule has 0 saturated carbocycles. The maximum Gasteiger partial charge on any atom is 0.335 e. The number of pyridine rings is 2. The average Bonchev–Trinajstić information content (AvgIpc) is 2.74. The van der Waals surface area contributed by atoms with Gasteiger partial charge in [-0.3, -0.25) is 9.20 Å². The Balaban J connectivity index is 2.17. The molecule has 0 radical (unpaired) electrons. The minimum atomic E-state index is -1.03. The third-order valence-electron chi connectivity index (χ3n) is 5.08. The number of nitrogens with two attached hydrogens (primary N) is 1. The second-order valence-corrected chi connectivity index (χ2v) is 7.11. The number of aromatic carboxylic acids is 1. The number of carbonyl (C=O) groups is 1. The first-order valence-corrected chi connectivity index (χ1v) is 9.41. The van der Waals surface area contributed by atoms with Gasteiger partial charge in [0.15, 0.2) is 0 Å². The Morgan fingerprint density at radius 1 is 0.967 bits per heavy atom. The Morgan fingerprint density at radius 3 is 2.20 bits per heavy atom. The number of hydrogen-bond acceptors (Lipinski definition) is 3. The van der Waals surface area contributed by atoms with Crippen LogP contribution in [0.25, 0.3) is 27.8 Å². The third kappa shape index (κ3) is 3.27. The highest BCUT2D eigenvalue weighted by atomic mass is 19.1. The van der Waals surface area contributed by atoms with E-state index >= 15 is 0 Å². The van der Waals surface area contributed by atoms with Crippen LogP contribution in [0.1, 0.15) is 28.9 Å². The normalized spacial score (nSPS) is 12.1. The number of hydrogen-bond donors (Lipinski definition) is 2. The van der Waals surface area contributed by atoms with E-state index in [9.17, 15) is 19.1 Å². The van der Waals surface area contributed by atoms with Crippen molar-refractivity contribution in [2.45, 2.75) is 13.0 Å². The van der Waals surface area contributed by atoms with Crippen molar-refractivity contribution in [1.82, 2.24) is 4.40 Å². The summed E-state index contributed by atoms with van der Waals surface area (Å²) in [4.78, 5) is 24.6. The first-order valence-electron chi connectivity index (χ1n) is 9.41. The molecule has 0 fully saturated rings. The van der Waals surface area contributed by atoms with Crippen LogP contribution in [0.4, 0.5) is 4.39 Å². The van der Waals surface area contributed by atoms with E-state index in [0.717, 1.165) is 6.20 Å². The number of benzene rings is 2. The Kier molecular flexibility index (Phi) is 4.93. The molecule has 150 valence electrons. The molecule has 2 aromatic heterocycles. The molecule has 6 heteroatoms. The van der Waals surface area contributed by atoms with E-state index in [1.807, 2.05) is 30.3 Å². The minimum Gasteiger partial charge on any atom is -0.478 e. The molecule has 3 N–H and O–H groups in total. The predicted octanol–water partition coefficient (Wildman–Crippen LogP) is 4.49. The molecule has 0 unspecified atom stereocenters. The maximum atomic E-state index is 14.0. The maximum absolute atomic E-state index is 14.0. The van der Waals surface area contributed by atoms with Gasteiger partial charge in [-0.25, -0.2) is 9.18 Å². The van der Waals surface area contributed by atoms with E-state index in [1.54, 1.807) is 19.1 Å². The lowest BCUT2D eigenvalue weighted by Gasteiger charge is -2.21. The molecule has 0 aliphatic heterocycles. The topological polar surface area (TPSA) is 84.8 Å². The summed E-state index contributed by atoms with van der Waals surface area (Å²) in [5, 5.41) is 9.21. The van der Waals surface area contributed by atoms with Crippen LogP contribution in [0.5, 0.6) is 0 Å². The second kappa shape index (κ2) is 7.57. The molecule has 4 aromatic rings. The molecule has 5 nitrogen and oxygen atoms in total. The van der Waals surface area contributed by atoms with Gasteiger partial charge in [0.05, 0.1) is 16.6 Å². The smallest absolute Gasteiger partial charge is 0.335 e. The Hall–Kier alpha value is -3.77. The minimum absolute atomic E-state index is 0.146. The molecular formula is C24H19FN2O3. The van der Waals surface area contributed by atoms with Crippen molar-refractivity contribution in [2.75, 3.05) is 0 Å². The van der Waals surface area contributed by atoms with Crippen molar-refractivity contribution in [3.05, 3.63) is 100 Å². The van der Waals surface area contributed by atoms with Gasteiger partial charge in [-0.1, -0.05) is 42.5 Å². The zero-order valence-electron chi connectivity index (χ0n) is 16.2. The lowest BCUT2D eigenvalue weighted by Crippen LogP contribution is -2.23. The SMILES string of the molecule is C[C@H](N)c1c(-c2ccccc2)c(=O)n2cc(F)ccc2c1-c1ccc(C(=O)O)cc1. The summed E-state index contributed by atoms with van der Waals surface area (Å²) in [5.41, 5.74) is 9.67. The van der Waals surface area contributed by atoms with Crippen LogP contribution in [0, 0.1) is 5.82 Å². The number of rotatable bonds is 4. The van der Waals surface area contributed by atoms with E-state index in [-0.39, 0.29) is 11.1 Å². The van der Waals surface area contributed by atoms with Crippen LogP contribution in [0.2, 0.25) is 0 Å². The Bertz CT molecular complexity index is 1310. The van der Waals surface area contributed by atoms with Crippen molar-refractivity contribution in [2.24, 2.45) is 5.73 Å². The molecule has 2 aromatic carbocycles. The van der Waals surface area contributed by atoms with Crippen LogP contribution >= 0.6 is 0 Å². The molecule has 0 aliphatic carbocycles. The second-order valence-electron chi connectivity index (χ2n) is 7.11. The number of nitrogens with zero attached hydrogens (tertiary/aromatic N) is 1. The number of carboxylic acid groups (broad SMARTS) is 1. The van der Waals surface area contributed by atoms with E-state index in [4.69, 9.17) is 5.73 Å². The van der Waals surface area contributed by atoms with Gasteiger partial charge in [-0.05, 0) is 47.9 Å². The fourth-order valence-electron chi connectivity index (χ4n) is 3.77. The van der Waals surface area contributed by atoms with Gasteiger partial charge >= 0.3 is 5.97 Å². The standard InChI is InChI=1S/C24H19FN2O3/c1-14(26)20-21(16-7-9-17(10-8-16)24(29)30)19-12-11-18(25)13-27(19)23(28)22(20)15-5-3-2-4-6-15/h2-14H,26H2,1H3,(H,29,30)/t14-/m0/s1. The Labute approximate surface area is 171 Å². The molecule has 1 atom stereocenters. The Morgan fingerprint density at radius 2 is 1.60 bits per heavy atom. The number of fused-ring (bicyclic) bond motifs is 1. The molecule has 0 saturated heterocycles. The summed E-state index contributed by atoms with van der Waals surface area (Å²) < 4.78 is 15.3. The van der Waals surface area contributed by atoms with E-state index in [1.165, 1.54) is 28.7 Å². The molecule has 2 heterocycles. The predicted molar refractivity (Wildman–Crippen MR) is 114 cm³/mol. The highest BCUT2D eigenvalue weighted by Gasteiger charge is 2.23. The lowest BCUT2D eigenvalue weighted by atomic mass is 9.88. The number of aromatic nitrogens is 1. The summed E-state index contributed by atoms with van der Waals surface area (Å²) in [6, 6.07) is 17.8. The summed E-state index contributed by atoms with van der Waals surface area (Å²) in [5.74, 6) is -1.57. The fourth-order valence-corrected chi connectivity index (χ4v) is 3.77. The highest BCUT2D eigenvalue weighted by Crippen LogP contribution is 2.37. The van der Waals surface area contributed by atoms with Crippen LogP contribution in [-0.4, -0.2) is 15.5 Å². The third-order valence-corrected chi connectivity index (χ3v) is 5.08. The van der Waals surface area contributed by atoms with Gasteiger partial charge in [-0.15, -0.1) is 0 Å². The van der Waals surface area contributed by atoms with Gasteiger partial charge in [0.2, 0.25) is 0 Å². The zero-order chi connectivity index (χ0) is 21.4. The monoisotopic (exact) mass is 402 g/mol. The highest BCUT2D eigenvalue weighted by molar-refractivity contribution is 5.92. The van der Waals surface area contributed by atoms with Gasteiger partial charge in [0.1, 0.15) is 5.82 Å². The summed E-state index contributed by atoms with van der Waals surface area (Å²) >= 11 is 0. The molecule has 0 amide bonds. The van der Waals surface area contributed by atoms with Gasteiger partial charge in [-0.2, -0.15) is 0 Å². The molecule has 4 rings (SSSR count).